The third-order valence-corrected chi connectivity index (χ3v) is 3.02. The third-order valence-electron chi connectivity index (χ3n) is 3.02. The fourth-order valence-electron chi connectivity index (χ4n) is 1.89. The van der Waals surface area contributed by atoms with Gasteiger partial charge >= 0.3 is 5.97 Å². The second-order valence-corrected chi connectivity index (χ2v) is 4.50. The Labute approximate surface area is 127 Å². The fraction of sp³-hybridized carbons (Fsp3) is 0.118. The zero-order chi connectivity index (χ0) is 15.9. The molecule has 0 unspecified atom stereocenters. The van der Waals surface area contributed by atoms with Crippen molar-refractivity contribution in [2.24, 2.45) is 0 Å². The monoisotopic (exact) mass is 298 g/mol. The minimum Gasteiger partial charge on any atom is -0.294 e. The lowest BCUT2D eigenvalue weighted by atomic mass is 10.0. The normalized spacial score (nSPS) is 10.0. The molecule has 0 aliphatic rings. The van der Waals surface area contributed by atoms with Gasteiger partial charge in [0.1, 0.15) is 0 Å². The van der Waals surface area contributed by atoms with E-state index in [2.05, 4.69) is 9.78 Å². The van der Waals surface area contributed by atoms with Gasteiger partial charge in [0.15, 0.2) is 11.6 Å². The van der Waals surface area contributed by atoms with E-state index in [1.165, 1.54) is 31.4 Å². The van der Waals surface area contributed by atoms with Crippen molar-refractivity contribution in [1.82, 2.24) is 0 Å². The lowest BCUT2D eigenvalue weighted by molar-refractivity contribution is -0.216. The number of benzene rings is 2. The lowest BCUT2D eigenvalue weighted by Gasteiger charge is -2.03. The van der Waals surface area contributed by atoms with Crippen LogP contribution in [0.4, 0.5) is 0 Å². The number of ketones is 2. The van der Waals surface area contributed by atoms with Crippen LogP contribution in [-0.4, -0.2) is 24.6 Å². The quantitative estimate of drug-likeness (QED) is 0.355. The molecule has 0 fully saturated rings. The molecular weight excluding hydrogens is 284 g/mol. The van der Waals surface area contributed by atoms with Crippen molar-refractivity contribution in [1.29, 1.82) is 0 Å². The highest BCUT2D eigenvalue weighted by Crippen LogP contribution is 2.11. The number of Topliss-reactive ketones (excluding diaryl/α,β-unsaturated/α-hetero) is 2. The van der Waals surface area contributed by atoms with Gasteiger partial charge in [0, 0.05) is 11.1 Å². The number of rotatable bonds is 6. The van der Waals surface area contributed by atoms with Crippen LogP contribution in [0.5, 0.6) is 0 Å². The van der Waals surface area contributed by atoms with Gasteiger partial charge in [-0.25, -0.2) is 4.79 Å². The molecule has 0 amide bonds. The third kappa shape index (κ3) is 3.86. The average molecular weight is 298 g/mol. The molecule has 22 heavy (non-hydrogen) atoms. The summed E-state index contributed by atoms with van der Waals surface area (Å²) in [4.78, 5) is 44.1. The van der Waals surface area contributed by atoms with Crippen LogP contribution < -0.4 is 0 Å². The fourth-order valence-corrected chi connectivity index (χ4v) is 1.89. The van der Waals surface area contributed by atoms with Gasteiger partial charge in [-0.2, -0.15) is 4.89 Å². The van der Waals surface area contributed by atoms with E-state index in [4.69, 9.17) is 0 Å². The molecule has 2 aromatic carbocycles. The Morgan fingerprint density at radius 1 is 0.773 bits per heavy atom. The molecule has 0 radical (unpaired) electrons. The maximum absolute atomic E-state index is 12.1. The minimum atomic E-state index is -0.651. The minimum absolute atomic E-state index is 0.216. The van der Waals surface area contributed by atoms with Crippen LogP contribution in [0.25, 0.3) is 0 Å². The highest BCUT2D eigenvalue weighted by atomic mass is 17.2. The molecule has 2 aromatic rings. The Morgan fingerprint density at radius 2 is 1.27 bits per heavy atom. The van der Waals surface area contributed by atoms with Crippen LogP contribution >= 0.6 is 0 Å². The molecule has 0 saturated carbocycles. The summed E-state index contributed by atoms with van der Waals surface area (Å²) < 4.78 is 0. The van der Waals surface area contributed by atoms with Crippen molar-refractivity contribution in [2.45, 2.75) is 6.42 Å². The van der Waals surface area contributed by atoms with E-state index >= 15 is 0 Å². The van der Waals surface area contributed by atoms with Gasteiger partial charge in [-0.15, -0.1) is 0 Å². The molecule has 5 heteroatoms. The smallest absolute Gasteiger partial charge is 0.294 e. The van der Waals surface area contributed by atoms with Crippen molar-refractivity contribution >= 4 is 17.5 Å². The number of hydrogen-bond acceptors (Lipinski definition) is 5. The molecule has 2 rings (SSSR count). The molecule has 0 spiro atoms. The average Bonchev–Trinajstić information content (AvgIpc) is 2.56. The van der Waals surface area contributed by atoms with Crippen LogP contribution in [-0.2, 0) is 9.78 Å². The summed E-state index contributed by atoms with van der Waals surface area (Å²) in [5.74, 6) is -1.20. The molecule has 0 aliphatic carbocycles. The molecular formula is C17H14O5. The first-order valence-electron chi connectivity index (χ1n) is 6.58. The maximum atomic E-state index is 12.1. The van der Waals surface area contributed by atoms with Gasteiger partial charge in [-0.1, -0.05) is 42.5 Å². The predicted molar refractivity (Wildman–Crippen MR) is 78.6 cm³/mol. The number of carbonyl (C=O) groups is 3. The van der Waals surface area contributed by atoms with E-state index in [1.807, 2.05) is 0 Å². The van der Waals surface area contributed by atoms with Crippen LogP contribution in [0.1, 0.15) is 37.5 Å². The summed E-state index contributed by atoms with van der Waals surface area (Å²) in [5, 5.41) is 0. The summed E-state index contributed by atoms with van der Waals surface area (Å²) >= 11 is 0. The molecule has 0 aliphatic heterocycles. The second kappa shape index (κ2) is 7.28. The largest absolute Gasteiger partial charge is 0.373 e. The van der Waals surface area contributed by atoms with Crippen LogP contribution in [0.3, 0.4) is 0 Å². The number of carbonyl (C=O) groups excluding carboxylic acids is 3. The summed E-state index contributed by atoms with van der Waals surface area (Å²) in [7, 11) is 1.23. The van der Waals surface area contributed by atoms with E-state index in [1.54, 1.807) is 30.3 Å². The van der Waals surface area contributed by atoms with E-state index in [0.717, 1.165) is 0 Å². The summed E-state index contributed by atoms with van der Waals surface area (Å²) in [5.41, 5.74) is 1.11. The Hall–Kier alpha value is -2.79. The van der Waals surface area contributed by atoms with Crippen LogP contribution in [0.2, 0.25) is 0 Å². The maximum Gasteiger partial charge on any atom is 0.373 e. The Bertz CT molecular complexity index is 674. The van der Waals surface area contributed by atoms with Crippen molar-refractivity contribution in [2.75, 3.05) is 7.11 Å². The van der Waals surface area contributed by atoms with Gasteiger partial charge in [-0.05, 0) is 12.1 Å². The Balaban J connectivity index is 2.04. The molecule has 0 atom stereocenters. The van der Waals surface area contributed by atoms with E-state index in [9.17, 15) is 14.4 Å². The summed E-state index contributed by atoms with van der Waals surface area (Å²) in [6.45, 7) is 0. The molecule has 112 valence electrons. The summed E-state index contributed by atoms with van der Waals surface area (Å²) in [6, 6.07) is 14.5. The van der Waals surface area contributed by atoms with Gasteiger partial charge in [0.05, 0.1) is 19.1 Å². The van der Waals surface area contributed by atoms with E-state index < -0.39 is 5.97 Å². The molecule has 5 nitrogen and oxygen atoms in total. The highest BCUT2D eigenvalue weighted by molar-refractivity contribution is 6.13. The van der Waals surface area contributed by atoms with Crippen molar-refractivity contribution in [3.63, 3.8) is 0 Å². The zero-order valence-corrected chi connectivity index (χ0v) is 11.9. The standard InChI is InChI=1S/C17H14O5/c1-21-22-17(20)14-9-7-13(8-10-14)16(19)11-15(18)12-5-3-2-4-6-12/h2-10H,11H2,1H3. The Morgan fingerprint density at radius 3 is 1.82 bits per heavy atom. The van der Waals surface area contributed by atoms with Crippen molar-refractivity contribution in [3.05, 3.63) is 71.3 Å². The van der Waals surface area contributed by atoms with Gasteiger partial charge in [-0.3, -0.25) is 14.5 Å². The molecule has 0 bridgehead atoms. The molecule has 0 N–H and O–H groups in total. The predicted octanol–water partition coefficient (Wildman–Crippen LogP) is 2.86. The van der Waals surface area contributed by atoms with Crippen molar-refractivity contribution in [3.8, 4) is 0 Å². The van der Waals surface area contributed by atoms with Gasteiger partial charge < -0.3 is 0 Å². The zero-order valence-electron chi connectivity index (χ0n) is 11.9. The highest BCUT2D eigenvalue weighted by Gasteiger charge is 2.14. The topological polar surface area (TPSA) is 69.7 Å². The number of hydrogen-bond donors (Lipinski definition) is 0. The second-order valence-electron chi connectivity index (χ2n) is 4.50. The molecule has 0 aromatic heterocycles. The van der Waals surface area contributed by atoms with Crippen LogP contribution in [0, 0.1) is 0 Å². The Kier molecular flexibility index (Phi) is 5.16. The first-order valence-corrected chi connectivity index (χ1v) is 6.58. The first-order chi connectivity index (χ1) is 10.6. The van der Waals surface area contributed by atoms with Crippen molar-refractivity contribution < 1.29 is 24.2 Å². The molecule has 0 heterocycles. The van der Waals surface area contributed by atoms with Crippen LogP contribution in [0.15, 0.2) is 54.6 Å². The van der Waals surface area contributed by atoms with E-state index in [0.29, 0.717) is 11.1 Å². The lowest BCUT2D eigenvalue weighted by Crippen LogP contribution is -2.09. The van der Waals surface area contributed by atoms with Gasteiger partial charge in [0.25, 0.3) is 0 Å². The SMILES string of the molecule is COOC(=O)c1ccc(C(=O)CC(=O)c2ccccc2)cc1. The molecule has 0 saturated heterocycles. The van der Waals surface area contributed by atoms with E-state index in [-0.39, 0.29) is 23.6 Å². The van der Waals surface area contributed by atoms with Gasteiger partial charge in [0.2, 0.25) is 0 Å². The summed E-state index contributed by atoms with van der Waals surface area (Å²) in [6.07, 6.45) is -0.216. The first kappa shape index (κ1) is 15.6.